The van der Waals surface area contributed by atoms with Gasteiger partial charge in [-0.25, -0.2) is 0 Å². The zero-order valence-electron chi connectivity index (χ0n) is 20.3. The molecule has 0 fully saturated rings. The molecule has 0 radical (unpaired) electrons. The summed E-state index contributed by atoms with van der Waals surface area (Å²) in [4.78, 5) is 15.6. The minimum absolute atomic E-state index is 0.133. The van der Waals surface area contributed by atoms with Gasteiger partial charge in [0.1, 0.15) is 18.2 Å². The molecule has 3 aromatic rings. The van der Waals surface area contributed by atoms with Crippen LogP contribution < -0.4 is 18.9 Å². The number of fused-ring (bicyclic) bond motifs is 3. The van der Waals surface area contributed by atoms with Crippen LogP contribution in [0.25, 0.3) is 6.08 Å². The van der Waals surface area contributed by atoms with E-state index >= 15 is 0 Å². The normalized spacial score (nSPS) is 15.9. The van der Waals surface area contributed by atoms with Crippen LogP contribution in [0.2, 0.25) is 0 Å². The average Bonchev–Trinajstić information content (AvgIpc) is 3.21. The van der Waals surface area contributed by atoms with Gasteiger partial charge in [0.15, 0.2) is 17.3 Å². The molecular formula is C29H29NO5. The van der Waals surface area contributed by atoms with Crippen molar-refractivity contribution in [3.63, 3.8) is 0 Å². The highest BCUT2D eigenvalue weighted by molar-refractivity contribution is 6.16. The van der Waals surface area contributed by atoms with Crippen LogP contribution in [-0.4, -0.2) is 38.2 Å². The number of ketones is 1. The first kappa shape index (κ1) is 23.0. The summed E-state index contributed by atoms with van der Waals surface area (Å²) in [6.07, 6.45) is 3.76. The van der Waals surface area contributed by atoms with E-state index in [0.717, 1.165) is 36.3 Å². The van der Waals surface area contributed by atoms with Crippen LogP contribution in [0.3, 0.4) is 0 Å². The van der Waals surface area contributed by atoms with Crippen molar-refractivity contribution in [1.29, 1.82) is 0 Å². The lowest BCUT2D eigenvalue weighted by molar-refractivity contribution is 0.0928. The number of benzene rings is 3. The smallest absolute Gasteiger partial charge is 0.232 e. The number of hydrogen-bond acceptors (Lipinski definition) is 6. The van der Waals surface area contributed by atoms with Gasteiger partial charge in [0.25, 0.3) is 0 Å². The summed E-state index contributed by atoms with van der Waals surface area (Å²) >= 11 is 0. The number of nitrogens with zero attached hydrogens (tertiary/aromatic N) is 1. The second-order valence-electron chi connectivity index (χ2n) is 8.81. The van der Waals surface area contributed by atoms with E-state index in [1.54, 1.807) is 20.3 Å². The summed E-state index contributed by atoms with van der Waals surface area (Å²) in [5, 5.41) is 0. The number of ether oxygens (including phenoxy) is 4. The molecule has 0 unspecified atom stereocenters. The van der Waals surface area contributed by atoms with Gasteiger partial charge in [0, 0.05) is 18.7 Å². The monoisotopic (exact) mass is 471 g/mol. The Balaban J connectivity index is 1.38. The first-order valence-corrected chi connectivity index (χ1v) is 11.8. The van der Waals surface area contributed by atoms with Crippen molar-refractivity contribution >= 4 is 11.9 Å². The number of para-hydroxylation sites is 1. The molecule has 6 nitrogen and oxygen atoms in total. The maximum atomic E-state index is 13.4. The SMILES string of the molecule is COc1cccc(/C=C2\Oc3c4c(cc(C)c3C2=O)OCN(CCCc2ccccc2)C4)c1OC. The second kappa shape index (κ2) is 9.84. The predicted octanol–water partition coefficient (Wildman–Crippen LogP) is 5.41. The van der Waals surface area contributed by atoms with Crippen molar-refractivity contribution < 1.29 is 23.7 Å². The van der Waals surface area contributed by atoms with Crippen LogP contribution in [0.15, 0.2) is 60.4 Å². The standard InChI is InChI=1S/C29H29NO5/c1-19-15-24-22(17-30(18-34-24)14-8-11-20-9-5-4-6-10-20)29-26(19)27(31)25(35-29)16-21-12-7-13-23(32-2)28(21)33-3/h4-7,9-10,12-13,15-16H,8,11,14,17-18H2,1-3H3/b25-16-. The zero-order valence-corrected chi connectivity index (χ0v) is 20.3. The van der Waals surface area contributed by atoms with Crippen LogP contribution in [0, 0.1) is 6.92 Å². The van der Waals surface area contributed by atoms with Crippen molar-refractivity contribution in [2.24, 2.45) is 0 Å². The molecule has 2 aliphatic heterocycles. The van der Waals surface area contributed by atoms with Gasteiger partial charge >= 0.3 is 0 Å². The average molecular weight is 472 g/mol. The molecule has 0 amide bonds. The quantitative estimate of drug-likeness (QED) is 0.429. The van der Waals surface area contributed by atoms with E-state index in [1.165, 1.54) is 5.56 Å². The highest BCUT2D eigenvalue weighted by atomic mass is 16.5. The molecule has 0 aliphatic carbocycles. The summed E-state index contributed by atoms with van der Waals surface area (Å²) in [7, 11) is 3.17. The number of aryl methyl sites for hydroxylation is 2. The molecule has 2 aliphatic rings. The van der Waals surface area contributed by atoms with Gasteiger partial charge in [0.2, 0.25) is 5.78 Å². The van der Waals surface area contributed by atoms with Gasteiger partial charge in [-0.1, -0.05) is 42.5 Å². The van der Waals surface area contributed by atoms with Crippen molar-refractivity contribution in [2.75, 3.05) is 27.5 Å². The zero-order chi connectivity index (χ0) is 24.4. The number of hydrogen-bond donors (Lipinski definition) is 0. The van der Waals surface area contributed by atoms with Gasteiger partial charge in [0.05, 0.1) is 25.3 Å². The Morgan fingerprint density at radius 1 is 1.06 bits per heavy atom. The fourth-order valence-corrected chi connectivity index (χ4v) is 4.74. The molecule has 0 aromatic heterocycles. The summed E-state index contributed by atoms with van der Waals surface area (Å²) in [5.74, 6) is 2.68. The van der Waals surface area contributed by atoms with Crippen LogP contribution in [-0.2, 0) is 13.0 Å². The fraction of sp³-hybridized carbons (Fsp3) is 0.276. The summed E-state index contributed by atoms with van der Waals surface area (Å²) < 4.78 is 23.2. The van der Waals surface area contributed by atoms with Crippen molar-refractivity contribution in [1.82, 2.24) is 4.90 Å². The summed E-state index contributed by atoms with van der Waals surface area (Å²) in [5.41, 5.74) is 4.42. The van der Waals surface area contributed by atoms with Crippen LogP contribution >= 0.6 is 0 Å². The number of carbonyl (C=O) groups excluding carboxylic acids is 1. The minimum atomic E-state index is -0.133. The van der Waals surface area contributed by atoms with E-state index in [9.17, 15) is 4.79 Å². The van der Waals surface area contributed by atoms with E-state index in [-0.39, 0.29) is 11.5 Å². The highest BCUT2D eigenvalue weighted by Crippen LogP contribution is 2.44. The largest absolute Gasteiger partial charge is 0.493 e. The third-order valence-electron chi connectivity index (χ3n) is 6.49. The second-order valence-corrected chi connectivity index (χ2v) is 8.81. The van der Waals surface area contributed by atoms with E-state index in [1.807, 2.05) is 37.3 Å². The lowest BCUT2D eigenvalue weighted by atomic mass is 9.98. The molecule has 0 saturated heterocycles. The number of rotatable bonds is 7. The van der Waals surface area contributed by atoms with Gasteiger partial charge in [-0.3, -0.25) is 9.69 Å². The molecule has 0 bridgehead atoms. The first-order valence-electron chi connectivity index (χ1n) is 11.8. The number of methoxy groups -OCH3 is 2. The molecule has 180 valence electrons. The molecule has 3 aromatic carbocycles. The van der Waals surface area contributed by atoms with Gasteiger partial charge in [-0.15, -0.1) is 0 Å². The molecule has 0 spiro atoms. The lowest BCUT2D eigenvalue weighted by Gasteiger charge is -2.30. The Morgan fingerprint density at radius 3 is 2.66 bits per heavy atom. The molecule has 5 rings (SSSR count). The van der Waals surface area contributed by atoms with Crippen molar-refractivity contribution in [3.05, 3.63) is 88.2 Å². The predicted molar refractivity (Wildman–Crippen MR) is 134 cm³/mol. The molecule has 0 N–H and O–H groups in total. The number of Topliss-reactive ketones (excluding diaryl/α,β-unsaturated/α-hetero) is 1. The van der Waals surface area contributed by atoms with E-state index in [4.69, 9.17) is 18.9 Å². The fourth-order valence-electron chi connectivity index (χ4n) is 4.74. The maximum absolute atomic E-state index is 13.4. The van der Waals surface area contributed by atoms with Crippen LogP contribution in [0.4, 0.5) is 0 Å². The Kier molecular flexibility index (Phi) is 6.47. The van der Waals surface area contributed by atoms with E-state index in [0.29, 0.717) is 41.7 Å². The number of carbonyl (C=O) groups is 1. The molecule has 0 saturated carbocycles. The maximum Gasteiger partial charge on any atom is 0.232 e. The Bertz CT molecular complexity index is 1280. The van der Waals surface area contributed by atoms with Crippen LogP contribution in [0.5, 0.6) is 23.0 Å². The Morgan fingerprint density at radius 2 is 1.89 bits per heavy atom. The highest BCUT2D eigenvalue weighted by Gasteiger charge is 2.35. The molecule has 0 atom stereocenters. The molecule has 35 heavy (non-hydrogen) atoms. The summed E-state index contributed by atoms with van der Waals surface area (Å²) in [6, 6.07) is 18.0. The van der Waals surface area contributed by atoms with E-state index in [2.05, 4.69) is 29.2 Å². The van der Waals surface area contributed by atoms with Crippen LogP contribution in [0.1, 0.15) is 39.0 Å². The van der Waals surface area contributed by atoms with Gasteiger partial charge in [-0.2, -0.15) is 0 Å². The first-order chi connectivity index (χ1) is 17.1. The molecular weight excluding hydrogens is 442 g/mol. The van der Waals surface area contributed by atoms with Crippen molar-refractivity contribution in [3.8, 4) is 23.0 Å². The third-order valence-corrected chi connectivity index (χ3v) is 6.49. The number of allylic oxidation sites excluding steroid dienone is 1. The van der Waals surface area contributed by atoms with E-state index < -0.39 is 0 Å². The molecule has 2 heterocycles. The minimum Gasteiger partial charge on any atom is -0.493 e. The third kappa shape index (κ3) is 4.49. The topological polar surface area (TPSA) is 57.2 Å². The Hall–Kier alpha value is -3.77. The summed E-state index contributed by atoms with van der Waals surface area (Å²) in [6.45, 7) is 4.02. The van der Waals surface area contributed by atoms with Gasteiger partial charge in [-0.05, 0) is 49.1 Å². The molecule has 6 heteroatoms. The lowest BCUT2D eigenvalue weighted by Crippen LogP contribution is -2.33. The van der Waals surface area contributed by atoms with Crippen molar-refractivity contribution in [2.45, 2.75) is 26.3 Å². The van der Waals surface area contributed by atoms with Gasteiger partial charge < -0.3 is 18.9 Å². The Labute approximate surface area is 205 Å².